The minimum atomic E-state index is 0. The van der Waals surface area contributed by atoms with Gasteiger partial charge in [0.1, 0.15) is 0 Å². The first-order valence-electron chi connectivity index (χ1n) is 7.28. The monoisotopic (exact) mass is 322 g/mol. The topological polar surface area (TPSA) is 58.9 Å². The number of para-hydroxylation sites is 1. The molecular weight excluding hydrogens is 300 g/mol. The molecule has 6 heteroatoms. The first kappa shape index (κ1) is 18.2. The van der Waals surface area contributed by atoms with Crippen LogP contribution in [0.1, 0.15) is 19.4 Å². The molecule has 0 aliphatic heterocycles. The second kappa shape index (κ2) is 9.23. The van der Waals surface area contributed by atoms with Crippen molar-refractivity contribution in [3.8, 4) is 5.69 Å². The molecule has 1 aromatic carbocycles. The largest absolute Gasteiger partial charge is 0.354 e. The summed E-state index contributed by atoms with van der Waals surface area (Å²) >= 11 is 0. The van der Waals surface area contributed by atoms with E-state index >= 15 is 0 Å². The summed E-state index contributed by atoms with van der Waals surface area (Å²) in [5.41, 5.74) is 1.90. The van der Waals surface area contributed by atoms with Crippen molar-refractivity contribution in [2.75, 3.05) is 13.1 Å². The maximum Gasteiger partial charge on any atom is 0.224 e. The number of hydrogen-bond acceptors (Lipinski definition) is 3. The van der Waals surface area contributed by atoms with Crippen LogP contribution in [0.25, 0.3) is 5.69 Å². The maximum absolute atomic E-state index is 11.9. The molecule has 0 saturated carbocycles. The van der Waals surface area contributed by atoms with Gasteiger partial charge in [-0.15, -0.1) is 12.4 Å². The second-order valence-electron chi connectivity index (χ2n) is 5.07. The first-order chi connectivity index (χ1) is 10.2. The Morgan fingerprint density at radius 3 is 2.73 bits per heavy atom. The first-order valence-corrected chi connectivity index (χ1v) is 7.28. The molecule has 0 aliphatic carbocycles. The predicted octanol–water partition coefficient (Wildman–Crippen LogP) is 1.95. The maximum atomic E-state index is 11.9. The lowest BCUT2D eigenvalue weighted by Gasteiger charge is -2.12. The third-order valence-corrected chi connectivity index (χ3v) is 3.18. The minimum absolute atomic E-state index is 0. The Hall–Kier alpha value is -1.85. The van der Waals surface area contributed by atoms with E-state index in [1.54, 1.807) is 10.9 Å². The Morgan fingerprint density at radius 1 is 1.32 bits per heavy atom. The molecule has 1 atom stereocenters. The molecule has 5 nitrogen and oxygen atoms in total. The number of carbonyl (C=O) groups is 1. The fourth-order valence-electron chi connectivity index (χ4n) is 2.11. The van der Waals surface area contributed by atoms with Crippen LogP contribution >= 0.6 is 12.4 Å². The van der Waals surface area contributed by atoms with Crippen molar-refractivity contribution in [3.05, 3.63) is 48.3 Å². The van der Waals surface area contributed by atoms with Gasteiger partial charge in [-0.3, -0.25) is 4.79 Å². The number of rotatable bonds is 7. The Kier molecular flexibility index (Phi) is 7.63. The molecule has 1 amide bonds. The van der Waals surface area contributed by atoms with Gasteiger partial charge in [-0.1, -0.05) is 25.1 Å². The van der Waals surface area contributed by atoms with Crippen LogP contribution in [0.5, 0.6) is 0 Å². The van der Waals surface area contributed by atoms with Crippen LogP contribution < -0.4 is 10.6 Å². The number of aromatic nitrogens is 2. The van der Waals surface area contributed by atoms with Gasteiger partial charge in [0.15, 0.2) is 0 Å². The van der Waals surface area contributed by atoms with Gasteiger partial charge in [0, 0.05) is 18.8 Å². The normalized spacial score (nSPS) is 11.5. The summed E-state index contributed by atoms with van der Waals surface area (Å²) in [7, 11) is 0. The number of hydrogen-bond donors (Lipinski definition) is 2. The lowest BCUT2D eigenvalue weighted by molar-refractivity contribution is -0.120. The molecule has 0 aliphatic rings. The molecule has 0 saturated heterocycles. The standard InChI is InChI=1S/C16H22N4O.ClH/c1-3-17-13(2)10-18-16(21)9-14-11-19-20(12-14)15-7-5-4-6-8-15;/h4-8,11-13,17H,3,9-10H2,1-2H3,(H,18,21);1H/t13-;/m1./s1. The number of halogens is 1. The Labute approximate surface area is 137 Å². The van der Waals surface area contributed by atoms with E-state index in [9.17, 15) is 4.79 Å². The molecule has 0 fully saturated rings. The minimum Gasteiger partial charge on any atom is -0.354 e. The molecule has 2 aromatic rings. The number of likely N-dealkylation sites (N-methyl/N-ethyl adjacent to an activating group) is 1. The van der Waals surface area contributed by atoms with Gasteiger partial charge in [0.05, 0.1) is 18.3 Å². The zero-order valence-electron chi connectivity index (χ0n) is 13.0. The highest BCUT2D eigenvalue weighted by molar-refractivity contribution is 5.85. The average Bonchev–Trinajstić information content (AvgIpc) is 2.95. The second-order valence-corrected chi connectivity index (χ2v) is 5.07. The van der Waals surface area contributed by atoms with E-state index in [4.69, 9.17) is 0 Å². The summed E-state index contributed by atoms with van der Waals surface area (Å²) in [5.74, 6) is 0.0207. The van der Waals surface area contributed by atoms with E-state index in [0.717, 1.165) is 17.8 Å². The highest BCUT2D eigenvalue weighted by atomic mass is 35.5. The molecule has 22 heavy (non-hydrogen) atoms. The van der Waals surface area contributed by atoms with Gasteiger partial charge in [-0.05, 0) is 31.2 Å². The van der Waals surface area contributed by atoms with Crippen molar-refractivity contribution in [2.24, 2.45) is 0 Å². The zero-order valence-corrected chi connectivity index (χ0v) is 13.8. The number of nitrogens with zero attached hydrogens (tertiary/aromatic N) is 2. The summed E-state index contributed by atoms with van der Waals surface area (Å²) in [6.45, 7) is 5.65. The summed E-state index contributed by atoms with van der Waals surface area (Å²) in [6.07, 6.45) is 3.98. The third-order valence-electron chi connectivity index (χ3n) is 3.18. The summed E-state index contributed by atoms with van der Waals surface area (Å²) in [4.78, 5) is 11.9. The van der Waals surface area contributed by atoms with Crippen LogP contribution in [0.4, 0.5) is 0 Å². The summed E-state index contributed by atoms with van der Waals surface area (Å²) < 4.78 is 1.78. The number of carbonyl (C=O) groups excluding carboxylic acids is 1. The van der Waals surface area contributed by atoms with Gasteiger partial charge in [-0.25, -0.2) is 4.68 Å². The van der Waals surface area contributed by atoms with E-state index in [1.807, 2.05) is 36.5 Å². The molecule has 1 heterocycles. The van der Waals surface area contributed by atoms with Crippen molar-refractivity contribution >= 4 is 18.3 Å². The van der Waals surface area contributed by atoms with Crippen molar-refractivity contribution < 1.29 is 4.79 Å². The predicted molar refractivity (Wildman–Crippen MR) is 90.7 cm³/mol. The molecule has 0 unspecified atom stereocenters. The molecule has 120 valence electrons. The molecule has 2 rings (SSSR count). The van der Waals surface area contributed by atoms with Gasteiger partial charge in [0.25, 0.3) is 0 Å². The average molecular weight is 323 g/mol. The van der Waals surface area contributed by atoms with Crippen LogP contribution in [-0.2, 0) is 11.2 Å². The van der Waals surface area contributed by atoms with Gasteiger partial charge >= 0.3 is 0 Å². The highest BCUT2D eigenvalue weighted by Crippen LogP contribution is 2.07. The van der Waals surface area contributed by atoms with Crippen LogP contribution in [0.3, 0.4) is 0 Å². The fourth-order valence-corrected chi connectivity index (χ4v) is 2.11. The van der Waals surface area contributed by atoms with Crippen molar-refractivity contribution in [3.63, 3.8) is 0 Å². The third kappa shape index (κ3) is 5.50. The lowest BCUT2D eigenvalue weighted by atomic mass is 10.2. The van der Waals surface area contributed by atoms with E-state index in [-0.39, 0.29) is 24.4 Å². The quantitative estimate of drug-likeness (QED) is 0.819. The number of amides is 1. The molecule has 1 aromatic heterocycles. The van der Waals surface area contributed by atoms with Crippen LogP contribution in [0.15, 0.2) is 42.7 Å². The van der Waals surface area contributed by atoms with Gasteiger partial charge in [-0.2, -0.15) is 5.10 Å². The van der Waals surface area contributed by atoms with Crippen LogP contribution in [0.2, 0.25) is 0 Å². The Balaban J connectivity index is 0.00000242. The van der Waals surface area contributed by atoms with Crippen molar-refractivity contribution in [1.29, 1.82) is 0 Å². The van der Waals surface area contributed by atoms with E-state index in [2.05, 4.69) is 29.6 Å². The number of benzene rings is 1. The van der Waals surface area contributed by atoms with E-state index < -0.39 is 0 Å². The summed E-state index contributed by atoms with van der Waals surface area (Å²) in [6, 6.07) is 10.1. The molecule has 0 spiro atoms. The van der Waals surface area contributed by atoms with Gasteiger partial charge in [0.2, 0.25) is 5.91 Å². The lowest BCUT2D eigenvalue weighted by Crippen LogP contribution is -2.39. The zero-order chi connectivity index (χ0) is 15.1. The molecule has 0 bridgehead atoms. The fraction of sp³-hybridized carbons (Fsp3) is 0.375. The number of nitrogens with one attached hydrogen (secondary N) is 2. The summed E-state index contributed by atoms with van der Waals surface area (Å²) in [5, 5.41) is 10.5. The highest BCUT2D eigenvalue weighted by Gasteiger charge is 2.08. The smallest absolute Gasteiger partial charge is 0.224 e. The van der Waals surface area contributed by atoms with Gasteiger partial charge < -0.3 is 10.6 Å². The van der Waals surface area contributed by atoms with E-state index in [1.165, 1.54) is 0 Å². The van der Waals surface area contributed by atoms with Crippen LogP contribution in [0, 0.1) is 0 Å². The van der Waals surface area contributed by atoms with Crippen molar-refractivity contribution in [2.45, 2.75) is 26.3 Å². The van der Waals surface area contributed by atoms with E-state index in [0.29, 0.717) is 13.0 Å². The Bertz CT molecular complexity index is 571. The SMILES string of the molecule is CCN[C@H](C)CNC(=O)Cc1cnn(-c2ccccc2)c1.Cl. The molecule has 0 radical (unpaired) electrons. The molecular formula is C16H23ClN4O. The van der Waals surface area contributed by atoms with Crippen molar-refractivity contribution in [1.82, 2.24) is 20.4 Å². The van der Waals surface area contributed by atoms with Crippen LogP contribution in [-0.4, -0.2) is 34.8 Å². The Morgan fingerprint density at radius 2 is 2.05 bits per heavy atom. The molecule has 2 N–H and O–H groups in total.